The van der Waals surface area contributed by atoms with Gasteiger partial charge in [0.2, 0.25) is 0 Å². The number of ether oxygens (including phenoxy) is 1. The van der Waals surface area contributed by atoms with Crippen LogP contribution in [-0.2, 0) is 7.05 Å². The zero-order valence-electron chi connectivity index (χ0n) is 17.8. The Labute approximate surface area is 187 Å². The topological polar surface area (TPSA) is 97.3 Å². The van der Waals surface area contributed by atoms with Gasteiger partial charge in [-0.05, 0) is 36.4 Å². The highest BCUT2D eigenvalue weighted by molar-refractivity contribution is 5.99. The number of pyridine rings is 2. The fourth-order valence-corrected chi connectivity index (χ4v) is 4.03. The Hall–Kier alpha value is -4.53. The zero-order chi connectivity index (χ0) is 22.5. The molecule has 2 N–H and O–H groups in total. The molecule has 1 aromatic carbocycles. The Kier molecular flexibility index (Phi) is 4.22. The first-order valence-electron chi connectivity index (χ1n) is 10.3. The van der Waals surface area contributed by atoms with Gasteiger partial charge in [0.15, 0.2) is 0 Å². The molecule has 0 aliphatic heterocycles. The van der Waals surface area contributed by atoms with Crippen molar-refractivity contribution in [1.82, 2.24) is 34.9 Å². The quantitative estimate of drug-likeness (QED) is 0.414. The van der Waals surface area contributed by atoms with Crippen molar-refractivity contribution in [2.45, 2.75) is 0 Å². The van der Waals surface area contributed by atoms with Crippen LogP contribution < -0.4 is 4.74 Å². The van der Waals surface area contributed by atoms with Crippen molar-refractivity contribution in [3.8, 4) is 39.7 Å². The molecule has 0 unspecified atom stereocenters. The van der Waals surface area contributed by atoms with Crippen molar-refractivity contribution < 1.29 is 9.13 Å². The first kappa shape index (κ1) is 19.2. The zero-order valence-corrected chi connectivity index (χ0v) is 17.8. The van der Waals surface area contributed by atoms with E-state index in [-0.39, 0.29) is 5.82 Å². The minimum Gasteiger partial charge on any atom is -0.497 e. The maximum Gasteiger partial charge on any atom is 0.135 e. The van der Waals surface area contributed by atoms with Gasteiger partial charge in [-0.2, -0.15) is 10.2 Å². The van der Waals surface area contributed by atoms with Gasteiger partial charge in [-0.25, -0.2) is 9.37 Å². The van der Waals surface area contributed by atoms with Crippen LogP contribution in [0.2, 0.25) is 0 Å². The molecule has 0 amide bonds. The van der Waals surface area contributed by atoms with E-state index >= 15 is 0 Å². The molecule has 8 nitrogen and oxygen atoms in total. The van der Waals surface area contributed by atoms with Crippen LogP contribution in [0, 0.1) is 5.82 Å². The lowest BCUT2D eigenvalue weighted by molar-refractivity contribution is 0.411. The normalized spacial score (nSPS) is 11.5. The maximum absolute atomic E-state index is 14.1. The van der Waals surface area contributed by atoms with E-state index < -0.39 is 0 Å². The molecule has 5 aromatic heterocycles. The van der Waals surface area contributed by atoms with Crippen LogP contribution in [0.25, 0.3) is 55.8 Å². The number of aryl methyl sites for hydroxylation is 1. The summed E-state index contributed by atoms with van der Waals surface area (Å²) in [5.41, 5.74) is 6.91. The van der Waals surface area contributed by atoms with Crippen LogP contribution in [0.3, 0.4) is 0 Å². The Balaban J connectivity index is 1.50. The van der Waals surface area contributed by atoms with Crippen molar-refractivity contribution in [2.24, 2.45) is 7.05 Å². The number of H-pyrrole nitrogens is 2. The lowest BCUT2D eigenvalue weighted by atomic mass is 10.1. The second-order valence-electron chi connectivity index (χ2n) is 7.75. The summed E-state index contributed by atoms with van der Waals surface area (Å²) >= 11 is 0. The third-order valence-corrected chi connectivity index (χ3v) is 5.59. The number of halogens is 1. The van der Waals surface area contributed by atoms with E-state index in [1.165, 1.54) is 19.2 Å². The van der Waals surface area contributed by atoms with Crippen molar-refractivity contribution in [1.29, 1.82) is 0 Å². The number of nitrogens with one attached hydrogen (secondary N) is 2. The molecule has 0 radical (unpaired) electrons. The Bertz CT molecular complexity index is 1650. The number of aromatic amines is 2. The number of nitrogens with zero attached hydrogens (tertiary/aromatic N) is 5. The lowest BCUT2D eigenvalue weighted by Gasteiger charge is -2.06. The van der Waals surface area contributed by atoms with E-state index in [9.17, 15) is 4.39 Å². The number of methoxy groups -OCH3 is 1. The highest BCUT2D eigenvalue weighted by atomic mass is 19.1. The average molecular weight is 439 g/mol. The van der Waals surface area contributed by atoms with Gasteiger partial charge in [-0.15, -0.1) is 0 Å². The van der Waals surface area contributed by atoms with Crippen LogP contribution in [0.4, 0.5) is 4.39 Å². The molecule has 0 atom stereocenters. The van der Waals surface area contributed by atoms with Gasteiger partial charge in [-0.3, -0.25) is 14.8 Å². The molecule has 0 saturated heterocycles. The summed E-state index contributed by atoms with van der Waals surface area (Å²) in [6.45, 7) is 0. The van der Waals surface area contributed by atoms with E-state index in [4.69, 9.17) is 9.72 Å². The van der Waals surface area contributed by atoms with Crippen LogP contribution >= 0.6 is 0 Å². The van der Waals surface area contributed by atoms with Crippen LogP contribution in [0.5, 0.6) is 5.75 Å². The number of benzene rings is 1. The third kappa shape index (κ3) is 3.21. The second-order valence-corrected chi connectivity index (χ2v) is 7.75. The minimum absolute atomic E-state index is 0.385. The van der Waals surface area contributed by atoms with Gasteiger partial charge in [0.05, 0.1) is 35.9 Å². The van der Waals surface area contributed by atoms with E-state index in [1.807, 2.05) is 37.5 Å². The fourth-order valence-electron chi connectivity index (χ4n) is 4.03. The van der Waals surface area contributed by atoms with Crippen molar-refractivity contribution in [3.63, 3.8) is 0 Å². The first-order valence-corrected chi connectivity index (χ1v) is 10.3. The number of hydrogen-bond acceptors (Lipinski definition) is 5. The standard InChI is InChI=1S/C24H18FN7O/c1-32-12-14(11-27-32)18-3-4-20-23(29-18)24(31-30-20)21-10-17-19(28-21)5-6-26-22(17)13-7-15(25)9-16(8-13)33-2/h3-12,28H,1-2H3,(H,30,31). The maximum atomic E-state index is 14.1. The summed E-state index contributed by atoms with van der Waals surface area (Å²) in [5, 5.41) is 12.6. The Morgan fingerprint density at radius 3 is 2.73 bits per heavy atom. The summed E-state index contributed by atoms with van der Waals surface area (Å²) < 4.78 is 21.1. The highest BCUT2D eigenvalue weighted by Gasteiger charge is 2.17. The van der Waals surface area contributed by atoms with Gasteiger partial charge in [0.25, 0.3) is 0 Å². The smallest absolute Gasteiger partial charge is 0.135 e. The molecule has 0 bridgehead atoms. The van der Waals surface area contributed by atoms with Crippen LogP contribution in [-0.4, -0.2) is 42.0 Å². The van der Waals surface area contributed by atoms with Crippen molar-refractivity contribution in [3.05, 3.63) is 66.9 Å². The summed E-state index contributed by atoms with van der Waals surface area (Å²) in [6, 6.07) is 12.3. The molecule has 6 aromatic rings. The molecular weight excluding hydrogens is 421 g/mol. The van der Waals surface area contributed by atoms with Crippen LogP contribution in [0.1, 0.15) is 0 Å². The third-order valence-electron chi connectivity index (χ3n) is 5.59. The summed E-state index contributed by atoms with van der Waals surface area (Å²) in [5.74, 6) is 0.0503. The van der Waals surface area contributed by atoms with Gasteiger partial charge in [-0.1, -0.05) is 0 Å². The number of aromatic nitrogens is 7. The molecule has 9 heteroatoms. The molecule has 33 heavy (non-hydrogen) atoms. The monoisotopic (exact) mass is 439 g/mol. The predicted molar refractivity (Wildman–Crippen MR) is 123 cm³/mol. The van der Waals surface area contributed by atoms with Crippen LogP contribution in [0.15, 0.2) is 61.1 Å². The van der Waals surface area contributed by atoms with Gasteiger partial charge < -0.3 is 9.72 Å². The molecule has 0 spiro atoms. The molecular formula is C24H18FN7O. The number of rotatable bonds is 4. The summed E-state index contributed by atoms with van der Waals surface area (Å²) in [7, 11) is 3.38. The van der Waals surface area contributed by atoms with Gasteiger partial charge >= 0.3 is 0 Å². The molecule has 0 saturated carbocycles. The van der Waals surface area contributed by atoms with E-state index in [0.29, 0.717) is 22.7 Å². The number of hydrogen-bond donors (Lipinski definition) is 2. The van der Waals surface area contributed by atoms with Gasteiger partial charge in [0.1, 0.15) is 22.8 Å². The molecule has 162 valence electrons. The molecule has 6 rings (SSSR count). The Morgan fingerprint density at radius 2 is 1.91 bits per heavy atom. The first-order chi connectivity index (χ1) is 16.1. The molecule has 0 aliphatic carbocycles. The van der Waals surface area contributed by atoms with E-state index in [1.54, 1.807) is 23.1 Å². The predicted octanol–water partition coefficient (Wildman–Crippen LogP) is 4.72. The molecule has 0 aliphatic rings. The second kappa shape index (κ2) is 7.27. The number of fused-ring (bicyclic) bond motifs is 2. The SMILES string of the molecule is COc1cc(F)cc(-c2nccc3[nH]c(-c4n[nH]c5ccc(-c6cnn(C)c6)nc45)cc23)c1. The largest absolute Gasteiger partial charge is 0.497 e. The fraction of sp³-hybridized carbons (Fsp3) is 0.0833. The van der Waals surface area contributed by atoms with E-state index in [2.05, 4.69) is 25.3 Å². The molecule has 5 heterocycles. The Morgan fingerprint density at radius 1 is 1.00 bits per heavy atom. The summed E-state index contributed by atoms with van der Waals surface area (Å²) in [4.78, 5) is 12.7. The van der Waals surface area contributed by atoms with Gasteiger partial charge in [0, 0.05) is 47.5 Å². The molecule has 0 fully saturated rings. The lowest BCUT2D eigenvalue weighted by Crippen LogP contribution is -1.89. The van der Waals surface area contributed by atoms with Crippen molar-refractivity contribution >= 4 is 21.9 Å². The van der Waals surface area contributed by atoms with Crippen molar-refractivity contribution in [2.75, 3.05) is 7.11 Å². The summed E-state index contributed by atoms with van der Waals surface area (Å²) in [6.07, 6.45) is 5.39. The highest BCUT2D eigenvalue weighted by Crippen LogP contribution is 2.34. The average Bonchev–Trinajstić information content (AvgIpc) is 3.55. The minimum atomic E-state index is -0.385. The van der Waals surface area contributed by atoms with E-state index in [0.717, 1.165) is 38.9 Å².